The number of alkyl halides is 3. The molecule has 0 aliphatic carbocycles. The first kappa shape index (κ1) is 14.5. The van der Waals surface area contributed by atoms with E-state index in [1.807, 2.05) is 0 Å². The van der Waals surface area contributed by atoms with Gasteiger partial charge >= 0.3 is 6.18 Å². The van der Waals surface area contributed by atoms with E-state index in [-0.39, 0.29) is 16.7 Å². The number of rotatable bonds is 2. The van der Waals surface area contributed by atoms with E-state index in [1.165, 1.54) is 24.3 Å². The van der Waals surface area contributed by atoms with Gasteiger partial charge in [0.05, 0.1) is 5.56 Å². The van der Waals surface area contributed by atoms with Crippen molar-refractivity contribution in [1.29, 1.82) is 0 Å². The summed E-state index contributed by atoms with van der Waals surface area (Å²) in [6.07, 6.45) is -4.59. The normalized spacial score (nSPS) is 11.4. The number of hydrogen-bond donors (Lipinski definition) is 0. The van der Waals surface area contributed by atoms with Crippen LogP contribution in [-0.4, -0.2) is 5.24 Å². The molecule has 0 spiro atoms. The predicted molar refractivity (Wildman–Crippen MR) is 67.0 cm³/mol. The zero-order valence-corrected chi connectivity index (χ0v) is 10.6. The lowest BCUT2D eigenvalue weighted by Crippen LogP contribution is -2.07. The molecule has 0 N–H and O–H groups in total. The summed E-state index contributed by atoms with van der Waals surface area (Å²) >= 11 is 5.19. The molecule has 0 aromatic heterocycles. The Balaban J connectivity index is 2.61. The van der Waals surface area contributed by atoms with Gasteiger partial charge in [0.15, 0.2) is 0 Å². The molecule has 104 valence electrons. The van der Waals surface area contributed by atoms with Gasteiger partial charge in [0.25, 0.3) is 5.24 Å². The summed E-state index contributed by atoms with van der Waals surface area (Å²) < 4.78 is 52.5. The highest BCUT2D eigenvalue weighted by atomic mass is 35.5. The monoisotopic (exact) mass is 302 g/mol. The van der Waals surface area contributed by atoms with Gasteiger partial charge < -0.3 is 0 Å². The van der Waals surface area contributed by atoms with Crippen molar-refractivity contribution in [1.82, 2.24) is 0 Å². The van der Waals surface area contributed by atoms with Crippen LogP contribution in [0.2, 0.25) is 0 Å². The fraction of sp³-hybridized carbons (Fsp3) is 0.0714. The zero-order chi connectivity index (χ0) is 14.9. The SMILES string of the molecule is O=C(Cl)c1ccc(-c2ccccc2C(F)(F)F)c(F)c1. The first-order valence-electron chi connectivity index (χ1n) is 5.46. The fourth-order valence-corrected chi connectivity index (χ4v) is 1.94. The smallest absolute Gasteiger partial charge is 0.276 e. The molecule has 2 aromatic carbocycles. The molecule has 0 saturated carbocycles. The molecule has 0 unspecified atom stereocenters. The lowest BCUT2D eigenvalue weighted by Gasteiger charge is -2.13. The van der Waals surface area contributed by atoms with E-state index in [4.69, 9.17) is 11.6 Å². The minimum atomic E-state index is -4.59. The Morgan fingerprint density at radius 2 is 1.65 bits per heavy atom. The van der Waals surface area contributed by atoms with Crippen LogP contribution in [0.1, 0.15) is 15.9 Å². The zero-order valence-electron chi connectivity index (χ0n) is 9.84. The van der Waals surface area contributed by atoms with Gasteiger partial charge in [0, 0.05) is 11.1 Å². The van der Waals surface area contributed by atoms with Crippen LogP contribution in [0.4, 0.5) is 17.6 Å². The molecule has 0 fully saturated rings. The highest BCUT2D eigenvalue weighted by Gasteiger charge is 2.33. The fourth-order valence-electron chi connectivity index (χ4n) is 1.82. The highest BCUT2D eigenvalue weighted by molar-refractivity contribution is 6.67. The summed E-state index contributed by atoms with van der Waals surface area (Å²) in [5.74, 6) is -0.937. The van der Waals surface area contributed by atoms with Gasteiger partial charge in [-0.1, -0.05) is 24.3 Å². The van der Waals surface area contributed by atoms with E-state index in [1.54, 1.807) is 0 Å². The number of carbonyl (C=O) groups is 1. The third-order valence-electron chi connectivity index (χ3n) is 2.72. The Bertz CT molecular complexity index is 664. The number of halogens is 5. The molecule has 2 rings (SSSR count). The first-order valence-corrected chi connectivity index (χ1v) is 5.84. The lowest BCUT2D eigenvalue weighted by atomic mass is 9.98. The second kappa shape index (κ2) is 5.25. The van der Waals surface area contributed by atoms with Gasteiger partial charge in [-0.2, -0.15) is 13.2 Å². The van der Waals surface area contributed by atoms with E-state index in [0.717, 1.165) is 18.2 Å². The molecular weight excluding hydrogens is 296 g/mol. The van der Waals surface area contributed by atoms with Gasteiger partial charge in [0.2, 0.25) is 0 Å². The quantitative estimate of drug-likeness (QED) is 0.570. The maximum atomic E-state index is 13.9. The van der Waals surface area contributed by atoms with Crippen LogP contribution in [0, 0.1) is 5.82 Å². The van der Waals surface area contributed by atoms with Crippen molar-refractivity contribution in [2.75, 3.05) is 0 Å². The van der Waals surface area contributed by atoms with Crippen molar-refractivity contribution in [3.63, 3.8) is 0 Å². The molecule has 0 saturated heterocycles. The average Bonchev–Trinajstić information content (AvgIpc) is 2.37. The van der Waals surface area contributed by atoms with Crippen LogP contribution in [0.5, 0.6) is 0 Å². The number of carbonyl (C=O) groups excluding carboxylic acids is 1. The second-order valence-corrected chi connectivity index (χ2v) is 4.35. The topological polar surface area (TPSA) is 17.1 Å². The van der Waals surface area contributed by atoms with Crippen molar-refractivity contribution in [2.45, 2.75) is 6.18 Å². The largest absolute Gasteiger partial charge is 0.417 e. The molecule has 20 heavy (non-hydrogen) atoms. The molecule has 0 amide bonds. The molecule has 0 bridgehead atoms. The van der Waals surface area contributed by atoms with E-state index >= 15 is 0 Å². The van der Waals surface area contributed by atoms with Crippen LogP contribution in [-0.2, 0) is 6.18 Å². The molecule has 6 heteroatoms. The van der Waals surface area contributed by atoms with Crippen LogP contribution in [0.3, 0.4) is 0 Å². The summed E-state index contributed by atoms with van der Waals surface area (Å²) in [6, 6.07) is 7.75. The third-order valence-corrected chi connectivity index (χ3v) is 2.94. The van der Waals surface area contributed by atoms with E-state index in [0.29, 0.717) is 0 Å². The first-order chi connectivity index (χ1) is 9.30. The molecule has 2 aromatic rings. The van der Waals surface area contributed by atoms with Crippen LogP contribution >= 0.6 is 11.6 Å². The van der Waals surface area contributed by atoms with Crippen LogP contribution in [0.25, 0.3) is 11.1 Å². The molecule has 0 atom stereocenters. The summed E-state index contributed by atoms with van der Waals surface area (Å²) in [7, 11) is 0. The number of benzene rings is 2. The summed E-state index contributed by atoms with van der Waals surface area (Å²) in [5.41, 5.74) is -1.58. The van der Waals surface area contributed by atoms with Crippen molar-refractivity contribution >= 4 is 16.8 Å². The maximum Gasteiger partial charge on any atom is 0.417 e. The minimum absolute atomic E-state index is 0.114. The van der Waals surface area contributed by atoms with Gasteiger partial charge in [-0.3, -0.25) is 4.79 Å². The average molecular weight is 303 g/mol. The van der Waals surface area contributed by atoms with Gasteiger partial charge in [0.1, 0.15) is 5.82 Å². The standard InChI is InChI=1S/C14H7ClF4O/c15-13(20)8-5-6-10(12(16)7-8)9-3-1-2-4-11(9)14(17,18)19/h1-7H. The second-order valence-electron chi connectivity index (χ2n) is 4.01. The molecule has 0 aliphatic rings. The lowest BCUT2D eigenvalue weighted by molar-refractivity contribution is -0.137. The summed E-state index contributed by atoms with van der Waals surface area (Å²) in [5, 5.41) is -0.875. The molecule has 0 radical (unpaired) electrons. The minimum Gasteiger partial charge on any atom is -0.276 e. The van der Waals surface area contributed by atoms with Crippen molar-refractivity contribution < 1.29 is 22.4 Å². The summed E-state index contributed by atoms with van der Waals surface area (Å²) in [4.78, 5) is 10.9. The molecule has 0 aliphatic heterocycles. The van der Waals surface area contributed by atoms with Crippen molar-refractivity contribution in [2.24, 2.45) is 0 Å². The van der Waals surface area contributed by atoms with Crippen molar-refractivity contribution in [3.05, 3.63) is 59.4 Å². The molecule has 0 heterocycles. The Morgan fingerprint density at radius 1 is 1.00 bits per heavy atom. The predicted octanol–water partition coefficient (Wildman–Crippen LogP) is 4.89. The Hall–Kier alpha value is -1.88. The van der Waals surface area contributed by atoms with Crippen LogP contribution in [0.15, 0.2) is 42.5 Å². The van der Waals surface area contributed by atoms with Crippen LogP contribution < -0.4 is 0 Å². The molecule has 1 nitrogen and oxygen atoms in total. The maximum absolute atomic E-state index is 13.9. The Morgan fingerprint density at radius 3 is 2.20 bits per heavy atom. The van der Waals surface area contributed by atoms with E-state index in [9.17, 15) is 22.4 Å². The van der Waals surface area contributed by atoms with E-state index in [2.05, 4.69) is 0 Å². The Labute approximate surface area is 116 Å². The van der Waals surface area contributed by atoms with E-state index < -0.39 is 22.8 Å². The number of hydrogen-bond acceptors (Lipinski definition) is 1. The van der Waals surface area contributed by atoms with Gasteiger partial charge in [-0.05, 0) is 35.4 Å². The highest BCUT2D eigenvalue weighted by Crippen LogP contribution is 2.37. The van der Waals surface area contributed by atoms with Gasteiger partial charge in [-0.25, -0.2) is 4.39 Å². The van der Waals surface area contributed by atoms with Gasteiger partial charge in [-0.15, -0.1) is 0 Å². The molecular formula is C14H7ClF4O. The summed E-state index contributed by atoms with van der Waals surface area (Å²) in [6.45, 7) is 0. The van der Waals surface area contributed by atoms with Crippen molar-refractivity contribution in [3.8, 4) is 11.1 Å². The Kier molecular flexibility index (Phi) is 3.81. The third kappa shape index (κ3) is 2.82.